The molecule has 0 saturated carbocycles. The molecule has 0 aromatic heterocycles. The van der Waals surface area contributed by atoms with Crippen molar-refractivity contribution in [3.05, 3.63) is 34.4 Å². The minimum atomic E-state index is -1.72. The standard InChI is InChI=1S/C8H7N3O4S/c9-8-5-15-16(14)10(8)6-1-3-7(4-2-6)11(12)13/h1-4,9H,5H2. The Morgan fingerprint density at radius 1 is 1.44 bits per heavy atom. The van der Waals surface area contributed by atoms with Crippen molar-refractivity contribution >= 4 is 28.5 Å². The fourth-order valence-corrected chi connectivity index (χ4v) is 2.10. The second-order valence-electron chi connectivity index (χ2n) is 2.99. The van der Waals surface area contributed by atoms with E-state index in [4.69, 9.17) is 9.59 Å². The van der Waals surface area contributed by atoms with E-state index in [2.05, 4.69) is 0 Å². The average molecular weight is 241 g/mol. The summed E-state index contributed by atoms with van der Waals surface area (Å²) in [7, 11) is 0. The number of amidine groups is 1. The van der Waals surface area contributed by atoms with Crippen molar-refractivity contribution in [3.8, 4) is 0 Å². The second-order valence-corrected chi connectivity index (χ2v) is 4.03. The van der Waals surface area contributed by atoms with Crippen LogP contribution in [-0.4, -0.2) is 21.6 Å². The van der Waals surface area contributed by atoms with Crippen molar-refractivity contribution in [3.63, 3.8) is 0 Å². The van der Waals surface area contributed by atoms with Gasteiger partial charge in [0.1, 0.15) is 12.4 Å². The van der Waals surface area contributed by atoms with Crippen LogP contribution in [-0.2, 0) is 15.4 Å². The second kappa shape index (κ2) is 3.99. The molecule has 84 valence electrons. The molecule has 1 aliphatic rings. The van der Waals surface area contributed by atoms with Gasteiger partial charge in [0.2, 0.25) is 0 Å². The van der Waals surface area contributed by atoms with Crippen molar-refractivity contribution in [1.29, 1.82) is 5.41 Å². The van der Waals surface area contributed by atoms with Gasteiger partial charge in [-0.2, -0.15) is 0 Å². The molecule has 0 radical (unpaired) electrons. The number of nitrogens with one attached hydrogen (secondary N) is 1. The maximum absolute atomic E-state index is 11.3. The van der Waals surface area contributed by atoms with Crippen LogP contribution in [0.3, 0.4) is 0 Å². The maximum Gasteiger partial charge on any atom is 0.270 e. The quantitative estimate of drug-likeness (QED) is 0.616. The van der Waals surface area contributed by atoms with Crippen LogP contribution < -0.4 is 4.31 Å². The normalized spacial score (nSPS) is 20.1. The van der Waals surface area contributed by atoms with Gasteiger partial charge in [-0.25, -0.2) is 8.51 Å². The van der Waals surface area contributed by atoms with Crippen LogP contribution in [0.2, 0.25) is 0 Å². The number of nitro groups is 1. The van der Waals surface area contributed by atoms with Gasteiger partial charge < -0.3 is 0 Å². The lowest BCUT2D eigenvalue weighted by atomic mass is 10.3. The number of anilines is 1. The summed E-state index contributed by atoms with van der Waals surface area (Å²) in [4.78, 5) is 9.91. The van der Waals surface area contributed by atoms with Gasteiger partial charge in [0.15, 0.2) is 0 Å². The highest BCUT2D eigenvalue weighted by Gasteiger charge is 2.27. The van der Waals surface area contributed by atoms with Crippen molar-refractivity contribution in [1.82, 2.24) is 0 Å². The van der Waals surface area contributed by atoms with Crippen LogP contribution in [0.1, 0.15) is 0 Å². The molecule has 1 heterocycles. The van der Waals surface area contributed by atoms with Crippen LogP contribution in [0.15, 0.2) is 24.3 Å². The van der Waals surface area contributed by atoms with Crippen LogP contribution in [0, 0.1) is 15.5 Å². The highest BCUT2D eigenvalue weighted by atomic mass is 32.2. The molecule has 1 N–H and O–H groups in total. The molecule has 1 unspecified atom stereocenters. The third kappa shape index (κ3) is 1.79. The van der Waals surface area contributed by atoms with Crippen LogP contribution in [0.5, 0.6) is 0 Å². The summed E-state index contributed by atoms with van der Waals surface area (Å²) in [6.07, 6.45) is 0. The Labute approximate surface area is 93.1 Å². The van der Waals surface area contributed by atoms with Crippen LogP contribution in [0.4, 0.5) is 11.4 Å². The van der Waals surface area contributed by atoms with Crippen molar-refractivity contribution in [2.75, 3.05) is 10.9 Å². The number of nitro benzene ring substituents is 1. The molecule has 16 heavy (non-hydrogen) atoms. The molecule has 7 nitrogen and oxygen atoms in total. The van der Waals surface area contributed by atoms with Gasteiger partial charge >= 0.3 is 0 Å². The minimum Gasteiger partial charge on any atom is -0.285 e. The lowest BCUT2D eigenvalue weighted by Crippen LogP contribution is -2.24. The third-order valence-corrected chi connectivity index (χ3v) is 3.03. The molecule has 8 heteroatoms. The SMILES string of the molecule is N=C1COS(=O)N1c1ccc([N+](=O)[O-])cc1. The molecule has 2 rings (SSSR count). The Hall–Kier alpha value is -1.80. The Morgan fingerprint density at radius 3 is 2.50 bits per heavy atom. The van der Waals surface area contributed by atoms with E-state index in [1.165, 1.54) is 28.6 Å². The Bertz CT molecular complexity index is 457. The van der Waals surface area contributed by atoms with E-state index >= 15 is 0 Å². The summed E-state index contributed by atoms with van der Waals surface area (Å²) in [5.74, 6) is 0.0622. The zero-order valence-electron chi connectivity index (χ0n) is 7.95. The molecule has 0 amide bonds. The highest BCUT2D eigenvalue weighted by molar-refractivity contribution is 7.83. The van der Waals surface area contributed by atoms with Gasteiger partial charge in [-0.05, 0) is 12.1 Å². The fourth-order valence-electron chi connectivity index (χ4n) is 1.26. The summed E-state index contributed by atoms with van der Waals surface area (Å²) in [6.45, 7) is -0.0242. The maximum atomic E-state index is 11.3. The summed E-state index contributed by atoms with van der Waals surface area (Å²) in [5.41, 5.74) is 0.382. The number of nitrogens with zero attached hydrogens (tertiary/aromatic N) is 2. The molecular formula is C8H7N3O4S. The molecule has 0 spiro atoms. The predicted molar refractivity (Wildman–Crippen MR) is 57.4 cm³/mol. The molecule has 1 aromatic carbocycles. The van der Waals surface area contributed by atoms with Gasteiger partial charge in [0.25, 0.3) is 17.0 Å². The summed E-state index contributed by atoms with van der Waals surface area (Å²) < 4.78 is 17.3. The van der Waals surface area contributed by atoms with Crippen molar-refractivity contribution in [2.24, 2.45) is 0 Å². The van der Waals surface area contributed by atoms with Gasteiger partial charge in [0, 0.05) is 12.1 Å². The number of hydrogen-bond acceptors (Lipinski definition) is 5. The van der Waals surface area contributed by atoms with Gasteiger partial charge in [-0.1, -0.05) is 0 Å². The van der Waals surface area contributed by atoms with Crippen LogP contribution >= 0.6 is 0 Å². The fraction of sp³-hybridized carbons (Fsp3) is 0.125. The zero-order chi connectivity index (χ0) is 11.7. The first kappa shape index (κ1) is 10.7. The minimum absolute atomic E-state index is 0.0242. The summed E-state index contributed by atoms with van der Waals surface area (Å²) in [6, 6.07) is 5.44. The average Bonchev–Trinajstić information content (AvgIpc) is 2.59. The van der Waals surface area contributed by atoms with Crippen molar-refractivity contribution < 1.29 is 13.3 Å². The largest absolute Gasteiger partial charge is 0.285 e. The molecule has 1 aromatic rings. The lowest BCUT2D eigenvalue weighted by Gasteiger charge is -2.12. The van der Waals surface area contributed by atoms with Gasteiger partial charge in [-0.3, -0.25) is 19.7 Å². The molecule has 1 atom stereocenters. The van der Waals surface area contributed by atoms with E-state index in [1.807, 2.05) is 0 Å². The lowest BCUT2D eigenvalue weighted by molar-refractivity contribution is -0.384. The van der Waals surface area contributed by atoms with Gasteiger partial charge in [0.05, 0.1) is 10.6 Å². The topological polar surface area (TPSA) is 96.5 Å². The van der Waals surface area contributed by atoms with E-state index in [9.17, 15) is 14.3 Å². The van der Waals surface area contributed by atoms with E-state index in [0.29, 0.717) is 5.69 Å². The van der Waals surface area contributed by atoms with Gasteiger partial charge in [-0.15, -0.1) is 0 Å². The van der Waals surface area contributed by atoms with E-state index in [-0.39, 0.29) is 18.1 Å². The van der Waals surface area contributed by atoms with E-state index in [1.54, 1.807) is 0 Å². The number of hydrogen-bond donors (Lipinski definition) is 1. The third-order valence-electron chi connectivity index (χ3n) is 1.99. The number of non-ortho nitro benzene ring substituents is 1. The molecule has 1 saturated heterocycles. The Balaban J connectivity index is 2.31. The number of rotatable bonds is 2. The Kier molecular flexibility index (Phi) is 2.67. The molecular weight excluding hydrogens is 234 g/mol. The summed E-state index contributed by atoms with van der Waals surface area (Å²) >= 11 is -1.72. The Morgan fingerprint density at radius 2 is 2.06 bits per heavy atom. The highest BCUT2D eigenvalue weighted by Crippen LogP contribution is 2.23. The molecule has 0 aliphatic carbocycles. The molecule has 1 aliphatic heterocycles. The first-order chi connectivity index (χ1) is 7.59. The smallest absolute Gasteiger partial charge is 0.270 e. The first-order valence-corrected chi connectivity index (χ1v) is 5.30. The monoisotopic (exact) mass is 241 g/mol. The van der Waals surface area contributed by atoms with E-state index in [0.717, 1.165) is 0 Å². The molecule has 1 fully saturated rings. The first-order valence-electron chi connectivity index (χ1n) is 4.27. The van der Waals surface area contributed by atoms with E-state index < -0.39 is 16.2 Å². The zero-order valence-corrected chi connectivity index (χ0v) is 8.77. The predicted octanol–water partition coefficient (Wildman–Crippen LogP) is 0.987. The number of benzene rings is 1. The van der Waals surface area contributed by atoms with Crippen molar-refractivity contribution in [2.45, 2.75) is 0 Å². The molecule has 0 bridgehead atoms. The summed E-state index contributed by atoms with van der Waals surface area (Å²) in [5, 5.41) is 17.9. The van der Waals surface area contributed by atoms with Crippen LogP contribution in [0.25, 0.3) is 0 Å².